The van der Waals surface area contributed by atoms with Crippen molar-refractivity contribution in [3.8, 4) is 0 Å². The Morgan fingerprint density at radius 2 is 1.18 bits per heavy atom. The summed E-state index contributed by atoms with van der Waals surface area (Å²) >= 11 is 0. The van der Waals surface area contributed by atoms with E-state index in [4.69, 9.17) is 0 Å². The third kappa shape index (κ3) is 7.45. The fourth-order valence-electron chi connectivity index (χ4n) is 5.92. The van der Waals surface area contributed by atoms with E-state index >= 15 is 0 Å². The quantitative estimate of drug-likeness (QED) is 0.202. The van der Waals surface area contributed by atoms with Crippen molar-refractivity contribution in [3.63, 3.8) is 0 Å². The first-order valence-electron chi connectivity index (χ1n) is 14.6. The Bertz CT molecular complexity index is 1270. The van der Waals surface area contributed by atoms with Crippen LogP contribution in [0.2, 0.25) is 0 Å². The average molecular weight is 535 g/mol. The minimum Gasteiger partial charge on any atom is -0.338 e. The van der Waals surface area contributed by atoms with E-state index in [-0.39, 0.29) is 23.8 Å². The van der Waals surface area contributed by atoms with Crippen molar-refractivity contribution >= 4 is 5.91 Å². The molecule has 0 bridgehead atoms. The summed E-state index contributed by atoms with van der Waals surface area (Å²) < 4.78 is 13.5. The number of carbonyl (C=O) groups excluding carboxylic acids is 1. The van der Waals surface area contributed by atoms with Crippen molar-refractivity contribution in [3.05, 3.63) is 143 Å². The minimum atomic E-state index is -0.319. The molecule has 0 spiro atoms. The third-order valence-corrected chi connectivity index (χ3v) is 8.10. The van der Waals surface area contributed by atoms with Gasteiger partial charge in [0.25, 0.3) is 0 Å². The molecule has 3 nitrogen and oxygen atoms in total. The maximum Gasteiger partial charge on any atom is 0.244 e. The summed E-state index contributed by atoms with van der Waals surface area (Å²) in [5.41, 5.74) is 4.76. The van der Waals surface area contributed by atoms with Gasteiger partial charge in [0.1, 0.15) is 11.9 Å². The molecule has 0 N–H and O–H groups in total. The van der Waals surface area contributed by atoms with E-state index < -0.39 is 0 Å². The SMILES string of the molecule is O=C1C(c2ccccc2)N(CCc2ccc(F)cc2)CCCN1C(CCc1ccccc1)CCc1ccccc1. The fourth-order valence-corrected chi connectivity index (χ4v) is 5.92. The normalized spacial score (nSPS) is 16.3. The first-order chi connectivity index (χ1) is 19.7. The number of aryl methyl sites for hydroxylation is 2. The van der Waals surface area contributed by atoms with Crippen molar-refractivity contribution in [2.75, 3.05) is 19.6 Å². The maximum atomic E-state index is 14.5. The lowest BCUT2D eigenvalue weighted by atomic mass is 9.96. The van der Waals surface area contributed by atoms with Gasteiger partial charge in [-0.1, -0.05) is 103 Å². The van der Waals surface area contributed by atoms with Crippen LogP contribution in [0.3, 0.4) is 0 Å². The Morgan fingerprint density at radius 3 is 1.75 bits per heavy atom. The lowest BCUT2D eigenvalue weighted by Crippen LogP contribution is -2.45. The zero-order valence-electron chi connectivity index (χ0n) is 23.2. The average Bonchev–Trinajstić information content (AvgIpc) is 3.16. The van der Waals surface area contributed by atoms with E-state index in [0.29, 0.717) is 0 Å². The second kappa shape index (κ2) is 14.0. The topological polar surface area (TPSA) is 23.6 Å². The van der Waals surface area contributed by atoms with Crippen LogP contribution in [-0.2, 0) is 24.1 Å². The van der Waals surface area contributed by atoms with Gasteiger partial charge in [0.15, 0.2) is 0 Å². The molecule has 4 heteroatoms. The number of hydrogen-bond acceptors (Lipinski definition) is 2. The number of halogens is 1. The zero-order chi connectivity index (χ0) is 27.6. The number of amides is 1. The van der Waals surface area contributed by atoms with Gasteiger partial charge >= 0.3 is 0 Å². The van der Waals surface area contributed by atoms with Gasteiger partial charge in [-0.3, -0.25) is 9.69 Å². The predicted octanol–water partition coefficient (Wildman–Crippen LogP) is 7.28. The highest BCUT2D eigenvalue weighted by Crippen LogP contribution is 2.30. The van der Waals surface area contributed by atoms with Crippen LogP contribution in [0, 0.1) is 5.82 Å². The Morgan fingerprint density at radius 1 is 0.650 bits per heavy atom. The summed E-state index contributed by atoms with van der Waals surface area (Å²) in [5, 5.41) is 0. The van der Waals surface area contributed by atoms with Gasteiger partial charge in [0.2, 0.25) is 5.91 Å². The van der Waals surface area contributed by atoms with E-state index in [9.17, 15) is 9.18 Å². The molecule has 206 valence electrons. The molecule has 1 fully saturated rings. The van der Waals surface area contributed by atoms with Gasteiger partial charge in [0, 0.05) is 25.7 Å². The lowest BCUT2D eigenvalue weighted by molar-refractivity contribution is -0.138. The molecule has 0 aromatic heterocycles. The van der Waals surface area contributed by atoms with Gasteiger partial charge in [-0.2, -0.15) is 0 Å². The Hall–Kier alpha value is -3.76. The molecule has 1 heterocycles. The number of hydrogen-bond donors (Lipinski definition) is 0. The molecule has 40 heavy (non-hydrogen) atoms. The van der Waals surface area contributed by atoms with E-state index in [1.807, 2.05) is 30.3 Å². The Kier molecular flexibility index (Phi) is 9.76. The van der Waals surface area contributed by atoms with E-state index in [1.165, 1.54) is 23.3 Å². The number of benzene rings is 4. The van der Waals surface area contributed by atoms with Crippen LogP contribution < -0.4 is 0 Å². The molecule has 0 aliphatic carbocycles. The molecule has 1 saturated heterocycles. The number of nitrogens with zero attached hydrogens (tertiary/aromatic N) is 2. The van der Waals surface area contributed by atoms with Crippen molar-refractivity contribution in [2.24, 2.45) is 0 Å². The van der Waals surface area contributed by atoms with Gasteiger partial charge in [-0.15, -0.1) is 0 Å². The summed E-state index contributed by atoms with van der Waals surface area (Å²) in [6.07, 6.45) is 5.51. The van der Waals surface area contributed by atoms with Crippen LogP contribution >= 0.6 is 0 Å². The molecule has 4 aromatic carbocycles. The highest BCUT2D eigenvalue weighted by atomic mass is 19.1. The maximum absolute atomic E-state index is 14.5. The summed E-state index contributed by atoms with van der Waals surface area (Å²) in [6.45, 7) is 2.38. The molecule has 1 aliphatic rings. The lowest BCUT2D eigenvalue weighted by Gasteiger charge is -2.35. The molecule has 4 aromatic rings. The van der Waals surface area contributed by atoms with Crippen LogP contribution in [0.1, 0.15) is 47.6 Å². The molecule has 5 rings (SSSR count). The highest BCUT2D eigenvalue weighted by Gasteiger charge is 2.36. The third-order valence-electron chi connectivity index (χ3n) is 8.10. The highest BCUT2D eigenvalue weighted by molar-refractivity contribution is 5.84. The van der Waals surface area contributed by atoms with Crippen molar-refractivity contribution in [1.29, 1.82) is 0 Å². The first-order valence-corrected chi connectivity index (χ1v) is 14.6. The summed E-state index contributed by atoms with van der Waals surface area (Å²) in [5.74, 6) is -0.0162. The zero-order valence-corrected chi connectivity index (χ0v) is 23.2. The van der Waals surface area contributed by atoms with Gasteiger partial charge < -0.3 is 4.90 Å². The molecule has 1 amide bonds. The first kappa shape index (κ1) is 27.8. The molecular weight excluding hydrogens is 495 g/mol. The molecular formula is C36H39FN2O. The summed E-state index contributed by atoms with van der Waals surface area (Å²) in [7, 11) is 0. The van der Waals surface area contributed by atoms with Crippen LogP contribution in [0.15, 0.2) is 115 Å². The molecule has 1 unspecified atom stereocenters. The van der Waals surface area contributed by atoms with E-state index in [2.05, 4.69) is 82.6 Å². The second-order valence-electron chi connectivity index (χ2n) is 10.8. The van der Waals surface area contributed by atoms with Crippen LogP contribution in [0.5, 0.6) is 0 Å². The predicted molar refractivity (Wildman–Crippen MR) is 161 cm³/mol. The second-order valence-corrected chi connectivity index (χ2v) is 10.8. The Labute approximate surface area is 238 Å². The monoisotopic (exact) mass is 534 g/mol. The van der Waals surface area contributed by atoms with Crippen LogP contribution in [-0.4, -0.2) is 41.4 Å². The van der Waals surface area contributed by atoms with Gasteiger partial charge in [-0.25, -0.2) is 4.39 Å². The van der Waals surface area contributed by atoms with E-state index in [0.717, 1.165) is 69.3 Å². The molecule has 0 saturated carbocycles. The van der Waals surface area contributed by atoms with Crippen molar-refractivity contribution in [1.82, 2.24) is 9.80 Å². The molecule has 0 radical (unpaired) electrons. The smallest absolute Gasteiger partial charge is 0.244 e. The Balaban J connectivity index is 1.38. The van der Waals surface area contributed by atoms with Gasteiger partial charge in [0.05, 0.1) is 0 Å². The number of rotatable bonds is 11. The number of carbonyl (C=O) groups is 1. The van der Waals surface area contributed by atoms with Gasteiger partial charge in [-0.05, 0) is 72.9 Å². The minimum absolute atomic E-state index is 0.163. The van der Waals surface area contributed by atoms with Crippen molar-refractivity contribution in [2.45, 2.75) is 50.6 Å². The molecule has 1 atom stereocenters. The standard InChI is InChI=1S/C36H39FN2O/c37-33-21-17-31(18-22-33)25-28-38-26-10-27-39(36(40)35(38)32-15-8-3-9-16-32)34(23-19-29-11-4-1-5-12-29)24-20-30-13-6-2-7-14-30/h1-9,11-18,21-22,34-35H,10,19-20,23-28H2. The van der Waals surface area contributed by atoms with Crippen molar-refractivity contribution < 1.29 is 9.18 Å². The summed E-state index contributed by atoms with van der Waals surface area (Å²) in [6, 6.07) is 38.0. The largest absolute Gasteiger partial charge is 0.338 e. The van der Waals surface area contributed by atoms with Crippen LogP contribution in [0.25, 0.3) is 0 Å². The van der Waals surface area contributed by atoms with E-state index in [1.54, 1.807) is 0 Å². The molecule has 1 aliphatic heterocycles. The van der Waals surface area contributed by atoms with Crippen LogP contribution in [0.4, 0.5) is 4.39 Å². The summed E-state index contributed by atoms with van der Waals surface area (Å²) in [4.78, 5) is 19.0. The fraction of sp³-hybridized carbons (Fsp3) is 0.306.